The van der Waals surface area contributed by atoms with Crippen molar-refractivity contribution in [1.82, 2.24) is 0 Å². The first-order valence-electron chi connectivity index (χ1n) is 5.25. The second-order valence-corrected chi connectivity index (χ2v) is 3.91. The van der Waals surface area contributed by atoms with Gasteiger partial charge in [-0.05, 0) is 29.8 Å². The third-order valence-corrected chi connectivity index (χ3v) is 2.63. The van der Waals surface area contributed by atoms with E-state index in [0.29, 0.717) is 22.6 Å². The quantitative estimate of drug-likeness (QED) is 0.775. The van der Waals surface area contributed by atoms with Crippen LogP contribution in [0.3, 0.4) is 0 Å². The Balaban J connectivity index is 2.34. The maximum absolute atomic E-state index is 13.3. The molecule has 0 aliphatic carbocycles. The van der Waals surface area contributed by atoms with Gasteiger partial charge in [-0.25, -0.2) is 4.39 Å². The molecule has 0 atom stereocenters. The zero-order chi connectivity index (χ0) is 13.0. The van der Waals surface area contributed by atoms with E-state index >= 15 is 0 Å². The molecule has 0 radical (unpaired) electrons. The summed E-state index contributed by atoms with van der Waals surface area (Å²) >= 11 is 5.66. The Labute approximate surface area is 109 Å². The summed E-state index contributed by atoms with van der Waals surface area (Å²) in [6.45, 7) is 0. The van der Waals surface area contributed by atoms with Crippen molar-refractivity contribution in [2.75, 3.05) is 0 Å². The van der Waals surface area contributed by atoms with Crippen LogP contribution in [0.25, 0.3) is 0 Å². The molecular formula is C14H9ClFNO. The van der Waals surface area contributed by atoms with Crippen molar-refractivity contribution < 1.29 is 9.13 Å². The molecule has 0 amide bonds. The number of rotatable bonds is 3. The lowest BCUT2D eigenvalue weighted by molar-refractivity contribution is 0.474. The molecule has 2 aromatic carbocycles. The molecule has 0 N–H and O–H groups in total. The van der Waals surface area contributed by atoms with Crippen molar-refractivity contribution >= 4 is 11.6 Å². The number of nitriles is 1. The van der Waals surface area contributed by atoms with E-state index in [4.69, 9.17) is 21.6 Å². The van der Waals surface area contributed by atoms with Crippen LogP contribution >= 0.6 is 11.6 Å². The van der Waals surface area contributed by atoms with Gasteiger partial charge in [0.1, 0.15) is 23.4 Å². The van der Waals surface area contributed by atoms with Gasteiger partial charge in [-0.2, -0.15) is 5.26 Å². The lowest BCUT2D eigenvalue weighted by Gasteiger charge is -2.08. The van der Waals surface area contributed by atoms with Crippen LogP contribution in [0.4, 0.5) is 4.39 Å². The van der Waals surface area contributed by atoms with Gasteiger partial charge in [-0.1, -0.05) is 12.1 Å². The maximum atomic E-state index is 13.3. The highest BCUT2D eigenvalue weighted by Gasteiger charge is 2.06. The van der Waals surface area contributed by atoms with Crippen LogP contribution in [0.15, 0.2) is 42.5 Å². The minimum absolute atomic E-state index is 0.202. The number of nitrogens with zero attached hydrogens (tertiary/aromatic N) is 1. The molecular weight excluding hydrogens is 253 g/mol. The van der Waals surface area contributed by atoms with Crippen molar-refractivity contribution in [2.45, 2.75) is 5.88 Å². The van der Waals surface area contributed by atoms with E-state index in [1.807, 2.05) is 6.07 Å². The van der Waals surface area contributed by atoms with Crippen molar-refractivity contribution in [3.05, 3.63) is 59.4 Å². The van der Waals surface area contributed by atoms with Gasteiger partial charge >= 0.3 is 0 Å². The molecule has 0 saturated carbocycles. The summed E-state index contributed by atoms with van der Waals surface area (Å²) in [5, 5.41) is 8.93. The standard InChI is InChI=1S/C14H9ClFNO/c15-8-10-5-12(16)7-13(6-10)18-14-4-2-1-3-11(14)9-17/h1-7H,8H2. The Morgan fingerprint density at radius 1 is 1.22 bits per heavy atom. The van der Waals surface area contributed by atoms with E-state index in [1.54, 1.807) is 30.3 Å². The SMILES string of the molecule is N#Cc1ccccc1Oc1cc(F)cc(CCl)c1. The molecule has 2 aromatic rings. The highest BCUT2D eigenvalue weighted by atomic mass is 35.5. The summed E-state index contributed by atoms with van der Waals surface area (Å²) in [5.74, 6) is 0.505. The number of ether oxygens (including phenoxy) is 1. The molecule has 0 aromatic heterocycles. The fourth-order valence-electron chi connectivity index (χ4n) is 1.53. The van der Waals surface area contributed by atoms with E-state index in [1.165, 1.54) is 12.1 Å². The van der Waals surface area contributed by atoms with Crippen molar-refractivity contribution in [2.24, 2.45) is 0 Å². The van der Waals surface area contributed by atoms with E-state index in [9.17, 15) is 4.39 Å². The zero-order valence-electron chi connectivity index (χ0n) is 9.36. The van der Waals surface area contributed by atoms with Gasteiger partial charge in [0.15, 0.2) is 0 Å². The van der Waals surface area contributed by atoms with Crippen LogP contribution < -0.4 is 4.74 Å². The second-order valence-electron chi connectivity index (χ2n) is 3.64. The van der Waals surface area contributed by atoms with Crippen LogP contribution in [0.2, 0.25) is 0 Å². The number of benzene rings is 2. The molecule has 0 aliphatic rings. The van der Waals surface area contributed by atoms with Crippen LogP contribution in [0, 0.1) is 17.1 Å². The predicted octanol–water partition coefficient (Wildman–Crippen LogP) is 4.23. The average molecular weight is 262 g/mol. The molecule has 0 unspecified atom stereocenters. The van der Waals surface area contributed by atoms with E-state index < -0.39 is 5.82 Å². The molecule has 0 saturated heterocycles. The largest absolute Gasteiger partial charge is 0.456 e. The van der Waals surface area contributed by atoms with Crippen LogP contribution in [0.1, 0.15) is 11.1 Å². The Bertz CT molecular complexity index is 607. The Morgan fingerprint density at radius 2 is 2.00 bits per heavy atom. The molecule has 2 rings (SSSR count). The fraction of sp³-hybridized carbons (Fsp3) is 0.0714. The molecule has 2 nitrogen and oxygen atoms in total. The fourth-order valence-corrected chi connectivity index (χ4v) is 1.69. The predicted molar refractivity (Wildman–Crippen MR) is 67.2 cm³/mol. The molecule has 90 valence electrons. The summed E-state index contributed by atoms with van der Waals surface area (Å²) in [5.41, 5.74) is 1.02. The van der Waals surface area contributed by atoms with Crippen LogP contribution in [-0.4, -0.2) is 0 Å². The monoisotopic (exact) mass is 261 g/mol. The molecule has 0 heterocycles. The van der Waals surface area contributed by atoms with Crippen molar-refractivity contribution in [3.8, 4) is 17.6 Å². The molecule has 0 bridgehead atoms. The minimum atomic E-state index is -0.419. The van der Waals surface area contributed by atoms with Gasteiger partial charge in [-0.3, -0.25) is 0 Å². The topological polar surface area (TPSA) is 33.0 Å². The average Bonchev–Trinajstić information content (AvgIpc) is 2.38. The highest BCUT2D eigenvalue weighted by Crippen LogP contribution is 2.26. The van der Waals surface area contributed by atoms with Gasteiger partial charge in [0.05, 0.1) is 5.56 Å². The van der Waals surface area contributed by atoms with Gasteiger partial charge < -0.3 is 4.74 Å². The maximum Gasteiger partial charge on any atom is 0.145 e. The number of alkyl halides is 1. The summed E-state index contributed by atoms with van der Waals surface area (Å²) in [4.78, 5) is 0. The molecule has 4 heteroatoms. The molecule has 18 heavy (non-hydrogen) atoms. The number of hydrogen-bond acceptors (Lipinski definition) is 2. The van der Waals surface area contributed by atoms with Crippen molar-refractivity contribution in [3.63, 3.8) is 0 Å². The molecule has 0 fully saturated rings. The number of para-hydroxylation sites is 1. The summed E-state index contributed by atoms with van der Waals surface area (Å²) in [6, 6.07) is 13.0. The van der Waals surface area contributed by atoms with E-state index in [-0.39, 0.29) is 5.88 Å². The Morgan fingerprint density at radius 3 is 2.72 bits per heavy atom. The van der Waals surface area contributed by atoms with E-state index in [0.717, 1.165) is 0 Å². The van der Waals surface area contributed by atoms with Gasteiger partial charge in [-0.15, -0.1) is 11.6 Å². The third kappa shape index (κ3) is 2.79. The van der Waals surface area contributed by atoms with E-state index in [2.05, 4.69) is 0 Å². The third-order valence-electron chi connectivity index (χ3n) is 2.32. The normalized spacial score (nSPS) is 9.83. The van der Waals surface area contributed by atoms with Gasteiger partial charge in [0.2, 0.25) is 0 Å². The first kappa shape index (κ1) is 12.4. The summed E-state index contributed by atoms with van der Waals surface area (Å²) in [7, 11) is 0. The smallest absolute Gasteiger partial charge is 0.145 e. The summed E-state index contributed by atoms with van der Waals surface area (Å²) < 4.78 is 18.8. The van der Waals surface area contributed by atoms with Crippen LogP contribution in [0.5, 0.6) is 11.5 Å². The lowest BCUT2D eigenvalue weighted by atomic mass is 10.2. The first-order valence-corrected chi connectivity index (χ1v) is 5.79. The molecule has 0 spiro atoms. The van der Waals surface area contributed by atoms with Gasteiger partial charge in [0, 0.05) is 11.9 Å². The summed E-state index contributed by atoms with van der Waals surface area (Å²) in [6.07, 6.45) is 0. The minimum Gasteiger partial charge on any atom is -0.456 e. The molecule has 0 aliphatic heterocycles. The lowest BCUT2D eigenvalue weighted by Crippen LogP contribution is -1.90. The second kappa shape index (κ2) is 5.52. The number of halogens is 2. The highest BCUT2D eigenvalue weighted by molar-refractivity contribution is 6.17. The van der Waals surface area contributed by atoms with Gasteiger partial charge in [0.25, 0.3) is 0 Å². The first-order chi connectivity index (χ1) is 8.72. The van der Waals surface area contributed by atoms with Crippen LogP contribution in [-0.2, 0) is 5.88 Å². The zero-order valence-corrected chi connectivity index (χ0v) is 10.1. The Hall–Kier alpha value is -2.05. The number of hydrogen-bond donors (Lipinski definition) is 0. The Kier molecular flexibility index (Phi) is 3.81. The van der Waals surface area contributed by atoms with Crippen molar-refractivity contribution in [1.29, 1.82) is 5.26 Å².